The first kappa shape index (κ1) is 12.6. The van der Waals surface area contributed by atoms with Crippen molar-refractivity contribution in [1.29, 1.82) is 0 Å². The summed E-state index contributed by atoms with van der Waals surface area (Å²) in [5.41, 5.74) is 0.333. The van der Waals surface area contributed by atoms with E-state index in [1.807, 2.05) is 0 Å². The van der Waals surface area contributed by atoms with Crippen LogP contribution in [0.5, 0.6) is 0 Å². The van der Waals surface area contributed by atoms with E-state index in [1.54, 1.807) is 10.9 Å². The van der Waals surface area contributed by atoms with Crippen LogP contribution >= 0.6 is 0 Å². The van der Waals surface area contributed by atoms with Crippen molar-refractivity contribution in [3.05, 3.63) is 11.9 Å². The van der Waals surface area contributed by atoms with Crippen molar-refractivity contribution in [3.8, 4) is 0 Å². The quantitative estimate of drug-likeness (QED) is 0.802. The molecule has 1 atom stereocenters. The normalized spacial score (nSPS) is 23.8. The first-order valence-electron chi connectivity index (χ1n) is 6.79. The maximum absolute atomic E-state index is 12.1. The van der Waals surface area contributed by atoms with Gasteiger partial charge in [0.1, 0.15) is 0 Å². The molecule has 2 saturated heterocycles. The number of ether oxygens (including phenoxy) is 1. The molecule has 0 aromatic carbocycles. The summed E-state index contributed by atoms with van der Waals surface area (Å²) in [7, 11) is 0. The lowest BCUT2D eigenvalue weighted by molar-refractivity contribution is -0.144. The molecule has 3 rings (SSSR count). The van der Waals surface area contributed by atoms with E-state index in [0.29, 0.717) is 25.4 Å². The largest absolute Gasteiger partial charge is 0.376 e. The number of amides is 1. The minimum atomic E-state index is -0.210. The third-order valence-corrected chi connectivity index (χ3v) is 3.40. The number of carbonyl (C=O) groups is 1. The molecule has 7 nitrogen and oxygen atoms in total. The highest BCUT2D eigenvalue weighted by atomic mass is 16.7. The molecule has 0 bridgehead atoms. The Bertz CT molecular complexity index is 436. The average Bonchev–Trinajstić information content (AvgIpc) is 3.11. The summed E-state index contributed by atoms with van der Waals surface area (Å²) in [5, 5.41) is 9.28. The van der Waals surface area contributed by atoms with E-state index >= 15 is 0 Å². The molecule has 1 aromatic rings. The minimum absolute atomic E-state index is 0.191. The molecule has 2 aliphatic rings. The first-order chi connectivity index (χ1) is 9.33. The van der Waals surface area contributed by atoms with Crippen LogP contribution in [-0.2, 0) is 16.1 Å². The van der Waals surface area contributed by atoms with Crippen molar-refractivity contribution in [3.63, 3.8) is 0 Å². The number of hydrogen-bond acceptors (Lipinski definition) is 5. The summed E-state index contributed by atoms with van der Waals surface area (Å²) in [6, 6.07) is 0. The highest BCUT2D eigenvalue weighted by molar-refractivity contribution is 5.91. The van der Waals surface area contributed by atoms with Gasteiger partial charge in [-0.2, -0.15) is 0 Å². The average molecular weight is 266 g/mol. The van der Waals surface area contributed by atoms with Crippen molar-refractivity contribution in [2.24, 2.45) is 0 Å². The molecule has 104 valence electrons. The van der Waals surface area contributed by atoms with Crippen molar-refractivity contribution in [2.45, 2.75) is 38.3 Å². The van der Waals surface area contributed by atoms with E-state index in [-0.39, 0.29) is 12.0 Å². The zero-order valence-corrected chi connectivity index (χ0v) is 10.8. The summed E-state index contributed by atoms with van der Waals surface area (Å²) >= 11 is 0. The fourth-order valence-electron chi connectivity index (χ4n) is 2.37. The van der Waals surface area contributed by atoms with Gasteiger partial charge in [-0.3, -0.25) is 9.63 Å². The predicted molar refractivity (Wildman–Crippen MR) is 65.2 cm³/mol. The van der Waals surface area contributed by atoms with Crippen LogP contribution in [0.4, 0.5) is 0 Å². The highest BCUT2D eigenvalue weighted by Crippen LogP contribution is 2.14. The Morgan fingerprint density at radius 3 is 3.05 bits per heavy atom. The first-order valence-corrected chi connectivity index (χ1v) is 6.79. The topological polar surface area (TPSA) is 69.5 Å². The van der Waals surface area contributed by atoms with Crippen LogP contribution in [0, 0.1) is 0 Å². The van der Waals surface area contributed by atoms with Crippen molar-refractivity contribution in [1.82, 2.24) is 20.1 Å². The van der Waals surface area contributed by atoms with E-state index in [9.17, 15) is 4.79 Å². The smallest absolute Gasteiger partial charge is 0.299 e. The fourth-order valence-corrected chi connectivity index (χ4v) is 2.37. The maximum atomic E-state index is 12.1. The molecule has 0 N–H and O–H groups in total. The van der Waals surface area contributed by atoms with E-state index in [4.69, 9.17) is 9.57 Å². The van der Waals surface area contributed by atoms with Crippen molar-refractivity contribution >= 4 is 5.91 Å². The Morgan fingerprint density at radius 2 is 2.32 bits per heavy atom. The van der Waals surface area contributed by atoms with Gasteiger partial charge in [0.15, 0.2) is 5.69 Å². The lowest BCUT2D eigenvalue weighted by atomic mass is 10.2. The molecule has 0 radical (unpaired) electrons. The molecule has 1 unspecified atom stereocenters. The van der Waals surface area contributed by atoms with Gasteiger partial charge in [0, 0.05) is 13.2 Å². The summed E-state index contributed by atoms with van der Waals surface area (Å²) in [6.07, 6.45) is 5.95. The molecule has 0 spiro atoms. The molecule has 2 aliphatic heterocycles. The van der Waals surface area contributed by atoms with Crippen LogP contribution in [-0.4, -0.2) is 51.8 Å². The molecule has 3 heterocycles. The summed E-state index contributed by atoms with van der Waals surface area (Å²) in [6.45, 7) is 2.68. The standard InChI is InChI=1S/C12H18N4O3/c17-12(16-5-1-2-7-19-16)11-9-15(14-13-11)8-10-4-3-6-18-10/h9-10H,1-8H2. The van der Waals surface area contributed by atoms with Gasteiger partial charge in [-0.1, -0.05) is 5.21 Å². The zero-order chi connectivity index (χ0) is 13.1. The molecule has 0 saturated carbocycles. The molecule has 0 aliphatic carbocycles. The lowest BCUT2D eigenvalue weighted by Crippen LogP contribution is -2.35. The van der Waals surface area contributed by atoms with E-state index in [2.05, 4.69) is 10.3 Å². The second-order valence-electron chi connectivity index (χ2n) is 4.91. The van der Waals surface area contributed by atoms with Crippen LogP contribution in [0.25, 0.3) is 0 Å². The molecular weight excluding hydrogens is 248 g/mol. The van der Waals surface area contributed by atoms with Gasteiger partial charge < -0.3 is 4.74 Å². The van der Waals surface area contributed by atoms with Crippen LogP contribution in [0.15, 0.2) is 6.20 Å². The molecule has 2 fully saturated rings. The number of hydroxylamine groups is 2. The van der Waals surface area contributed by atoms with Gasteiger partial charge in [0.05, 0.1) is 25.5 Å². The summed E-state index contributed by atoms with van der Waals surface area (Å²) < 4.78 is 7.21. The lowest BCUT2D eigenvalue weighted by Gasteiger charge is -2.24. The second-order valence-corrected chi connectivity index (χ2v) is 4.91. The van der Waals surface area contributed by atoms with Gasteiger partial charge >= 0.3 is 0 Å². The van der Waals surface area contributed by atoms with Crippen molar-refractivity contribution in [2.75, 3.05) is 19.8 Å². The Kier molecular flexibility index (Phi) is 3.74. The number of nitrogens with zero attached hydrogens (tertiary/aromatic N) is 4. The van der Waals surface area contributed by atoms with E-state index < -0.39 is 0 Å². The van der Waals surface area contributed by atoms with Crippen LogP contribution in [0.2, 0.25) is 0 Å². The summed E-state index contributed by atoms with van der Waals surface area (Å²) in [5.74, 6) is -0.210. The molecular formula is C12H18N4O3. The highest BCUT2D eigenvalue weighted by Gasteiger charge is 2.23. The second kappa shape index (κ2) is 5.66. The molecule has 19 heavy (non-hydrogen) atoms. The van der Waals surface area contributed by atoms with Gasteiger partial charge in [0.2, 0.25) is 0 Å². The number of carbonyl (C=O) groups excluding carboxylic acids is 1. The third kappa shape index (κ3) is 2.93. The van der Waals surface area contributed by atoms with E-state index in [1.165, 1.54) is 5.06 Å². The number of aromatic nitrogens is 3. The monoisotopic (exact) mass is 266 g/mol. The number of rotatable bonds is 3. The Morgan fingerprint density at radius 1 is 1.37 bits per heavy atom. The van der Waals surface area contributed by atoms with Gasteiger partial charge in [-0.15, -0.1) is 5.10 Å². The van der Waals surface area contributed by atoms with Crippen LogP contribution < -0.4 is 0 Å². The van der Waals surface area contributed by atoms with Gasteiger partial charge in [-0.05, 0) is 25.7 Å². The van der Waals surface area contributed by atoms with Gasteiger partial charge in [-0.25, -0.2) is 9.75 Å². The molecule has 1 aromatic heterocycles. The van der Waals surface area contributed by atoms with Crippen LogP contribution in [0.1, 0.15) is 36.2 Å². The SMILES string of the molecule is O=C(c1cn(CC2CCCO2)nn1)N1CCCCO1. The Balaban J connectivity index is 1.61. The van der Waals surface area contributed by atoms with E-state index in [0.717, 1.165) is 32.3 Å². The predicted octanol–water partition coefficient (Wildman–Crippen LogP) is 0.625. The van der Waals surface area contributed by atoms with Crippen molar-refractivity contribution < 1.29 is 14.4 Å². The Labute approximate surface area is 111 Å². The number of hydrogen-bond donors (Lipinski definition) is 0. The van der Waals surface area contributed by atoms with Crippen LogP contribution in [0.3, 0.4) is 0 Å². The molecule has 7 heteroatoms. The third-order valence-electron chi connectivity index (χ3n) is 3.40. The summed E-state index contributed by atoms with van der Waals surface area (Å²) in [4.78, 5) is 17.4. The maximum Gasteiger partial charge on any atom is 0.299 e. The zero-order valence-electron chi connectivity index (χ0n) is 10.8. The Hall–Kier alpha value is -1.47. The molecule has 1 amide bonds. The minimum Gasteiger partial charge on any atom is -0.376 e. The van der Waals surface area contributed by atoms with Gasteiger partial charge in [0.25, 0.3) is 5.91 Å². The fraction of sp³-hybridized carbons (Fsp3) is 0.750.